The molecule has 10 nitrogen and oxygen atoms in total. The first kappa shape index (κ1) is 24.6. The number of amides is 2. The number of carbonyl (C=O) groups is 2. The van der Waals surface area contributed by atoms with Crippen molar-refractivity contribution in [1.29, 1.82) is 0 Å². The van der Waals surface area contributed by atoms with E-state index in [1.54, 1.807) is 42.5 Å². The van der Waals surface area contributed by atoms with Crippen molar-refractivity contribution in [1.82, 2.24) is 19.6 Å². The Balaban J connectivity index is 1.24. The Labute approximate surface area is 224 Å². The highest BCUT2D eigenvalue weighted by Gasteiger charge is 2.56. The second-order valence-electron chi connectivity index (χ2n) is 9.64. The lowest BCUT2D eigenvalue weighted by atomic mass is 9.74. The zero-order valence-electron chi connectivity index (χ0n) is 20.4. The molecule has 1 N–H and O–H groups in total. The fourth-order valence-electron chi connectivity index (χ4n) is 4.88. The van der Waals surface area contributed by atoms with E-state index < -0.39 is 21.2 Å². The number of hydrogen-bond donors (Lipinski definition) is 1. The third-order valence-corrected chi connectivity index (χ3v) is 9.49. The van der Waals surface area contributed by atoms with Crippen LogP contribution in [0.25, 0.3) is 6.08 Å². The number of nitrogens with one attached hydrogen (secondary N) is 1. The lowest BCUT2D eigenvalue weighted by Gasteiger charge is -2.59. The number of thioether (sulfide) groups is 1. The van der Waals surface area contributed by atoms with E-state index >= 15 is 0 Å². The van der Waals surface area contributed by atoms with Crippen LogP contribution in [0.15, 0.2) is 76.5 Å². The third kappa shape index (κ3) is 4.44. The average molecular weight is 549 g/mol. The predicted octanol–water partition coefficient (Wildman–Crippen LogP) is 3.08. The smallest absolute Gasteiger partial charge is 0.290 e. The van der Waals surface area contributed by atoms with Crippen molar-refractivity contribution < 1.29 is 18.0 Å². The standard InChI is InChI=1S/C26H24N6O4S2/c1-30(19-8-4-2-5-9-19)22-13-18(12-21-23(33)29-25(34)37-21)27-24(28-22)31-14-26(15-31)16-32(17-26)38(35,36)20-10-6-3-7-11-20/h2-13H,14-17H2,1H3,(H,29,33,34)/b21-12-. The minimum absolute atomic E-state index is 0.140. The van der Waals surface area contributed by atoms with Crippen molar-refractivity contribution in [2.45, 2.75) is 4.90 Å². The van der Waals surface area contributed by atoms with Crippen molar-refractivity contribution in [3.63, 3.8) is 0 Å². The van der Waals surface area contributed by atoms with Crippen LogP contribution in [-0.4, -0.2) is 67.1 Å². The molecule has 0 aliphatic carbocycles. The number of benzene rings is 2. The first-order valence-corrected chi connectivity index (χ1v) is 14.2. The molecule has 4 heterocycles. The summed E-state index contributed by atoms with van der Waals surface area (Å²) in [5, 5.41) is 1.85. The number of carbonyl (C=O) groups excluding carboxylic acids is 2. The number of sulfonamides is 1. The molecular formula is C26H24N6O4S2. The number of anilines is 3. The van der Waals surface area contributed by atoms with Gasteiger partial charge in [0.15, 0.2) is 0 Å². The van der Waals surface area contributed by atoms with Crippen molar-refractivity contribution >= 4 is 56.5 Å². The zero-order chi connectivity index (χ0) is 26.5. The Hall–Kier alpha value is -3.74. The van der Waals surface area contributed by atoms with Gasteiger partial charge in [-0.1, -0.05) is 36.4 Å². The van der Waals surface area contributed by atoms with Crippen molar-refractivity contribution in [2.75, 3.05) is 43.0 Å². The van der Waals surface area contributed by atoms with Crippen LogP contribution in [-0.2, 0) is 14.8 Å². The summed E-state index contributed by atoms with van der Waals surface area (Å²) in [6, 6.07) is 20.0. The molecule has 3 saturated heterocycles. The van der Waals surface area contributed by atoms with Gasteiger partial charge in [0.25, 0.3) is 11.1 Å². The second-order valence-corrected chi connectivity index (χ2v) is 12.6. The predicted molar refractivity (Wildman–Crippen MR) is 145 cm³/mol. The molecule has 0 atom stereocenters. The molecule has 0 bridgehead atoms. The summed E-state index contributed by atoms with van der Waals surface area (Å²) in [5.74, 6) is 0.669. The zero-order valence-corrected chi connectivity index (χ0v) is 22.1. The van der Waals surface area contributed by atoms with Crippen LogP contribution in [0.4, 0.5) is 22.2 Å². The van der Waals surface area contributed by atoms with Crippen LogP contribution in [0.5, 0.6) is 0 Å². The maximum Gasteiger partial charge on any atom is 0.290 e. The first-order chi connectivity index (χ1) is 18.2. The number of para-hydroxylation sites is 1. The van der Waals surface area contributed by atoms with Gasteiger partial charge >= 0.3 is 0 Å². The van der Waals surface area contributed by atoms with Gasteiger partial charge in [0.2, 0.25) is 16.0 Å². The lowest BCUT2D eigenvalue weighted by molar-refractivity contribution is -0.115. The van der Waals surface area contributed by atoms with Crippen LogP contribution in [0.2, 0.25) is 0 Å². The number of rotatable bonds is 6. The quantitative estimate of drug-likeness (QED) is 0.464. The number of imide groups is 1. The Kier molecular flexibility index (Phi) is 5.97. The summed E-state index contributed by atoms with van der Waals surface area (Å²) < 4.78 is 27.4. The van der Waals surface area contributed by atoms with Gasteiger partial charge in [-0.3, -0.25) is 14.9 Å². The van der Waals surface area contributed by atoms with E-state index in [-0.39, 0.29) is 10.3 Å². The average Bonchev–Trinajstić information content (AvgIpc) is 3.18. The highest BCUT2D eigenvalue weighted by molar-refractivity contribution is 8.18. The summed E-state index contributed by atoms with van der Waals surface area (Å²) in [6.45, 7) is 2.13. The molecule has 3 aliphatic rings. The molecule has 38 heavy (non-hydrogen) atoms. The summed E-state index contributed by atoms with van der Waals surface area (Å²) >= 11 is 0.838. The number of aromatic nitrogens is 2. The van der Waals surface area contributed by atoms with Gasteiger partial charge in [-0.05, 0) is 42.1 Å². The molecule has 0 saturated carbocycles. The van der Waals surface area contributed by atoms with E-state index in [1.165, 1.54) is 4.31 Å². The van der Waals surface area contributed by atoms with Gasteiger partial charge in [-0.2, -0.15) is 9.29 Å². The normalized spacial score (nSPS) is 19.8. The van der Waals surface area contributed by atoms with Gasteiger partial charge in [0, 0.05) is 50.4 Å². The monoisotopic (exact) mass is 548 g/mol. The highest BCUT2D eigenvalue weighted by Crippen LogP contribution is 2.43. The Morgan fingerprint density at radius 2 is 1.63 bits per heavy atom. The summed E-state index contributed by atoms with van der Waals surface area (Å²) in [7, 11) is -1.61. The van der Waals surface area contributed by atoms with Crippen molar-refractivity contribution in [3.8, 4) is 0 Å². The van der Waals surface area contributed by atoms with E-state index in [9.17, 15) is 18.0 Å². The van der Waals surface area contributed by atoms with Crippen LogP contribution in [0.1, 0.15) is 5.69 Å². The molecule has 3 fully saturated rings. The maximum atomic E-state index is 12.9. The van der Waals surface area contributed by atoms with Crippen LogP contribution >= 0.6 is 11.8 Å². The first-order valence-electron chi connectivity index (χ1n) is 12.0. The van der Waals surface area contributed by atoms with Gasteiger partial charge in [0.1, 0.15) is 5.82 Å². The Morgan fingerprint density at radius 3 is 2.26 bits per heavy atom. The molecule has 3 aliphatic heterocycles. The number of nitrogens with zero attached hydrogens (tertiary/aromatic N) is 5. The fraction of sp³-hybridized carbons (Fsp3) is 0.231. The van der Waals surface area contributed by atoms with Crippen LogP contribution in [0, 0.1) is 5.41 Å². The summed E-state index contributed by atoms with van der Waals surface area (Å²) in [6.07, 6.45) is 1.59. The fourth-order valence-corrected chi connectivity index (χ4v) is 7.24. The molecule has 2 aromatic carbocycles. The molecule has 3 aromatic rings. The molecule has 0 radical (unpaired) electrons. The van der Waals surface area contributed by atoms with Gasteiger partial charge in [0.05, 0.1) is 15.5 Å². The van der Waals surface area contributed by atoms with Gasteiger partial charge < -0.3 is 9.80 Å². The molecule has 194 valence electrons. The summed E-state index contributed by atoms with van der Waals surface area (Å²) in [5.41, 5.74) is 1.29. The van der Waals surface area contributed by atoms with E-state index in [0.29, 0.717) is 48.5 Å². The number of hydrogen-bond acceptors (Lipinski definition) is 9. The Morgan fingerprint density at radius 1 is 0.974 bits per heavy atom. The lowest BCUT2D eigenvalue weighted by Crippen LogP contribution is -2.73. The minimum atomic E-state index is -3.51. The molecule has 12 heteroatoms. The SMILES string of the molecule is CN(c1ccccc1)c1cc(/C=C2\SC(=O)NC2=O)nc(N2CC3(C2)CN(S(=O)(=O)c2ccccc2)C3)n1. The van der Waals surface area contributed by atoms with Crippen molar-refractivity contribution in [3.05, 3.63) is 77.3 Å². The largest absolute Gasteiger partial charge is 0.339 e. The third-order valence-electron chi connectivity index (χ3n) is 6.87. The molecular weight excluding hydrogens is 524 g/mol. The van der Waals surface area contributed by atoms with Gasteiger partial charge in [-0.15, -0.1) is 0 Å². The van der Waals surface area contributed by atoms with E-state index in [1.807, 2.05) is 47.2 Å². The Bertz CT molecular complexity index is 1550. The van der Waals surface area contributed by atoms with E-state index in [0.717, 1.165) is 17.4 Å². The van der Waals surface area contributed by atoms with Gasteiger partial charge in [-0.25, -0.2) is 13.4 Å². The minimum Gasteiger partial charge on any atom is -0.339 e. The molecule has 6 rings (SSSR count). The van der Waals surface area contributed by atoms with Crippen molar-refractivity contribution in [2.24, 2.45) is 5.41 Å². The highest BCUT2D eigenvalue weighted by atomic mass is 32.2. The second kappa shape index (κ2) is 9.22. The molecule has 0 unspecified atom stereocenters. The summed E-state index contributed by atoms with van der Waals surface area (Å²) in [4.78, 5) is 37.7. The molecule has 2 amide bonds. The molecule has 1 spiro atoms. The van der Waals surface area contributed by atoms with E-state index in [2.05, 4.69) is 10.3 Å². The van der Waals surface area contributed by atoms with Crippen LogP contribution < -0.4 is 15.1 Å². The topological polar surface area (TPSA) is 116 Å². The maximum absolute atomic E-state index is 12.9. The molecule has 1 aromatic heterocycles. The van der Waals surface area contributed by atoms with Crippen LogP contribution in [0.3, 0.4) is 0 Å². The van der Waals surface area contributed by atoms with E-state index in [4.69, 9.17) is 4.98 Å².